The molecule has 0 saturated carbocycles. The zero-order valence-electron chi connectivity index (χ0n) is 13.8. The molecule has 0 bridgehead atoms. The molecule has 1 amide bonds. The minimum Gasteiger partial charge on any atom is -0.379 e. The predicted octanol–water partition coefficient (Wildman–Crippen LogP) is -0.539. The highest BCUT2D eigenvalue weighted by molar-refractivity contribution is 5.76. The first-order chi connectivity index (χ1) is 10.7. The van der Waals surface area contributed by atoms with Gasteiger partial charge in [-0.2, -0.15) is 0 Å². The predicted molar refractivity (Wildman–Crippen MR) is 85.9 cm³/mol. The molecule has 0 aliphatic carbocycles. The lowest BCUT2D eigenvalue weighted by atomic mass is 10.0. The van der Waals surface area contributed by atoms with E-state index in [1.54, 1.807) is 0 Å². The average Bonchev–Trinajstić information content (AvgIpc) is 2.95. The molecule has 6 nitrogen and oxygen atoms in total. The molecule has 3 heterocycles. The molecule has 3 aliphatic rings. The Labute approximate surface area is 133 Å². The Bertz CT molecular complexity index is 367. The number of hydrogen-bond donors (Lipinski definition) is 1. The lowest BCUT2D eigenvalue weighted by Crippen LogP contribution is -2.47. The van der Waals surface area contributed by atoms with Crippen LogP contribution in [0.25, 0.3) is 0 Å². The summed E-state index contributed by atoms with van der Waals surface area (Å²) in [6.45, 7) is 12.9. The lowest BCUT2D eigenvalue weighted by molar-refractivity contribution is -0.132. The molecule has 22 heavy (non-hydrogen) atoms. The van der Waals surface area contributed by atoms with E-state index in [4.69, 9.17) is 4.74 Å². The van der Waals surface area contributed by atoms with Gasteiger partial charge in [0, 0.05) is 71.4 Å². The molecule has 0 aromatic rings. The molecule has 0 aromatic heterocycles. The van der Waals surface area contributed by atoms with Crippen LogP contribution in [-0.4, -0.2) is 98.8 Å². The summed E-state index contributed by atoms with van der Waals surface area (Å²) in [5, 5.41) is 3.29. The number of rotatable bonds is 4. The van der Waals surface area contributed by atoms with Crippen LogP contribution in [0.3, 0.4) is 0 Å². The van der Waals surface area contributed by atoms with Gasteiger partial charge in [0.1, 0.15) is 0 Å². The maximum Gasteiger partial charge on any atom is 0.223 e. The van der Waals surface area contributed by atoms with E-state index in [-0.39, 0.29) is 0 Å². The van der Waals surface area contributed by atoms with Crippen LogP contribution in [0.1, 0.15) is 13.3 Å². The van der Waals surface area contributed by atoms with Crippen LogP contribution < -0.4 is 5.32 Å². The summed E-state index contributed by atoms with van der Waals surface area (Å²) >= 11 is 0. The van der Waals surface area contributed by atoms with Crippen molar-refractivity contribution in [3.63, 3.8) is 0 Å². The molecular formula is C16H30N4O2. The van der Waals surface area contributed by atoms with Gasteiger partial charge in [0.15, 0.2) is 0 Å². The van der Waals surface area contributed by atoms with E-state index in [9.17, 15) is 4.79 Å². The first kappa shape index (κ1) is 16.2. The highest BCUT2D eigenvalue weighted by Gasteiger charge is 2.34. The largest absolute Gasteiger partial charge is 0.379 e. The lowest BCUT2D eigenvalue weighted by Gasteiger charge is -2.34. The maximum atomic E-state index is 12.3. The SMILES string of the molecule is CC1CN(CCC(=O)N2CCNCC2)CC1N1CCOCC1. The Morgan fingerprint density at radius 3 is 2.59 bits per heavy atom. The van der Waals surface area contributed by atoms with E-state index in [0.29, 0.717) is 24.3 Å². The number of piperazine rings is 1. The standard InChI is InChI=1S/C16H30N4O2/c1-14-12-18(13-15(14)19-8-10-22-11-9-19)5-2-16(21)20-6-3-17-4-7-20/h14-15,17H,2-13H2,1H3. The van der Waals surface area contributed by atoms with Gasteiger partial charge in [-0.3, -0.25) is 9.69 Å². The van der Waals surface area contributed by atoms with Crippen molar-refractivity contribution >= 4 is 5.91 Å². The summed E-state index contributed by atoms with van der Waals surface area (Å²) in [5.74, 6) is 1.01. The Kier molecular flexibility index (Phi) is 5.68. The van der Waals surface area contributed by atoms with Gasteiger partial charge in [0.2, 0.25) is 5.91 Å². The number of carbonyl (C=O) groups is 1. The third kappa shape index (κ3) is 3.98. The van der Waals surface area contributed by atoms with E-state index in [0.717, 1.165) is 72.1 Å². The normalized spacial score (nSPS) is 31.6. The number of nitrogens with zero attached hydrogens (tertiary/aromatic N) is 3. The van der Waals surface area contributed by atoms with E-state index in [2.05, 4.69) is 22.0 Å². The van der Waals surface area contributed by atoms with Crippen LogP contribution in [0, 0.1) is 5.92 Å². The second-order valence-corrected chi connectivity index (χ2v) is 6.83. The molecule has 3 saturated heterocycles. The third-order valence-electron chi connectivity index (χ3n) is 5.27. The fourth-order valence-corrected chi connectivity index (χ4v) is 3.94. The highest BCUT2D eigenvalue weighted by atomic mass is 16.5. The minimum absolute atomic E-state index is 0.323. The van der Waals surface area contributed by atoms with Gasteiger partial charge < -0.3 is 19.9 Å². The van der Waals surface area contributed by atoms with Crippen LogP contribution in [-0.2, 0) is 9.53 Å². The number of nitrogens with one attached hydrogen (secondary N) is 1. The first-order valence-electron chi connectivity index (χ1n) is 8.76. The zero-order valence-corrected chi connectivity index (χ0v) is 13.8. The van der Waals surface area contributed by atoms with E-state index >= 15 is 0 Å². The number of morpholine rings is 1. The molecule has 0 aromatic carbocycles. The number of ether oxygens (including phenoxy) is 1. The Morgan fingerprint density at radius 1 is 1.14 bits per heavy atom. The van der Waals surface area contributed by atoms with Crippen LogP contribution in [0.15, 0.2) is 0 Å². The molecule has 3 rings (SSSR count). The van der Waals surface area contributed by atoms with Gasteiger partial charge in [-0.25, -0.2) is 0 Å². The smallest absolute Gasteiger partial charge is 0.223 e. The summed E-state index contributed by atoms with van der Waals surface area (Å²) in [5.41, 5.74) is 0. The molecule has 1 N–H and O–H groups in total. The second-order valence-electron chi connectivity index (χ2n) is 6.83. The molecule has 3 fully saturated rings. The fourth-order valence-electron chi connectivity index (χ4n) is 3.94. The molecule has 2 atom stereocenters. The van der Waals surface area contributed by atoms with Gasteiger partial charge in [-0.1, -0.05) is 6.92 Å². The van der Waals surface area contributed by atoms with Crippen molar-refractivity contribution in [1.29, 1.82) is 0 Å². The first-order valence-corrected chi connectivity index (χ1v) is 8.76. The second kappa shape index (κ2) is 7.73. The van der Waals surface area contributed by atoms with Crippen molar-refractivity contribution < 1.29 is 9.53 Å². The van der Waals surface area contributed by atoms with Crippen LogP contribution in [0.2, 0.25) is 0 Å². The molecule has 126 valence electrons. The highest BCUT2D eigenvalue weighted by Crippen LogP contribution is 2.22. The van der Waals surface area contributed by atoms with E-state index < -0.39 is 0 Å². The van der Waals surface area contributed by atoms with Crippen molar-refractivity contribution in [2.24, 2.45) is 5.92 Å². The number of likely N-dealkylation sites (tertiary alicyclic amines) is 1. The quantitative estimate of drug-likeness (QED) is 0.756. The minimum atomic E-state index is 0.323. The van der Waals surface area contributed by atoms with Crippen LogP contribution in [0.5, 0.6) is 0 Å². The summed E-state index contributed by atoms with van der Waals surface area (Å²) in [6, 6.07) is 0.637. The van der Waals surface area contributed by atoms with Gasteiger partial charge in [-0.05, 0) is 5.92 Å². The van der Waals surface area contributed by atoms with E-state index in [1.807, 2.05) is 4.90 Å². The van der Waals surface area contributed by atoms with Crippen LogP contribution in [0.4, 0.5) is 0 Å². The van der Waals surface area contributed by atoms with Gasteiger partial charge in [0.05, 0.1) is 13.2 Å². The molecular weight excluding hydrogens is 280 g/mol. The Hall–Kier alpha value is -0.690. The Balaban J connectivity index is 1.42. The fraction of sp³-hybridized carbons (Fsp3) is 0.938. The molecule has 6 heteroatoms. The summed E-state index contributed by atoms with van der Waals surface area (Å²) in [6.07, 6.45) is 0.669. The summed E-state index contributed by atoms with van der Waals surface area (Å²) < 4.78 is 5.46. The van der Waals surface area contributed by atoms with Crippen LogP contribution >= 0.6 is 0 Å². The molecule has 2 unspecified atom stereocenters. The zero-order chi connectivity index (χ0) is 15.4. The van der Waals surface area contributed by atoms with Gasteiger partial charge in [-0.15, -0.1) is 0 Å². The summed E-state index contributed by atoms with van der Waals surface area (Å²) in [4.78, 5) is 19.3. The van der Waals surface area contributed by atoms with Gasteiger partial charge in [0.25, 0.3) is 0 Å². The molecule has 0 spiro atoms. The van der Waals surface area contributed by atoms with Crippen molar-refractivity contribution in [3.05, 3.63) is 0 Å². The van der Waals surface area contributed by atoms with Crippen molar-refractivity contribution in [2.75, 3.05) is 72.1 Å². The van der Waals surface area contributed by atoms with Crippen molar-refractivity contribution in [1.82, 2.24) is 20.0 Å². The number of hydrogen-bond acceptors (Lipinski definition) is 5. The maximum absolute atomic E-state index is 12.3. The van der Waals surface area contributed by atoms with E-state index in [1.165, 1.54) is 0 Å². The number of amides is 1. The van der Waals surface area contributed by atoms with Crippen molar-refractivity contribution in [3.8, 4) is 0 Å². The third-order valence-corrected chi connectivity index (χ3v) is 5.27. The average molecular weight is 310 g/mol. The van der Waals surface area contributed by atoms with Gasteiger partial charge >= 0.3 is 0 Å². The number of carbonyl (C=O) groups excluding carboxylic acids is 1. The molecule has 0 radical (unpaired) electrons. The molecule has 3 aliphatic heterocycles. The monoisotopic (exact) mass is 310 g/mol. The Morgan fingerprint density at radius 2 is 1.86 bits per heavy atom. The van der Waals surface area contributed by atoms with Crippen molar-refractivity contribution in [2.45, 2.75) is 19.4 Å². The summed E-state index contributed by atoms with van der Waals surface area (Å²) in [7, 11) is 0. The topological polar surface area (TPSA) is 48.1 Å².